The maximum atomic E-state index is 11.8. The molecule has 114 valence electrons. The molecule has 1 fully saturated rings. The Kier molecular flexibility index (Phi) is 6.04. The fraction of sp³-hybridized carbons (Fsp3) is 0.533. The summed E-state index contributed by atoms with van der Waals surface area (Å²) in [5, 5.41) is 3.51. The number of aromatic nitrogens is 2. The summed E-state index contributed by atoms with van der Waals surface area (Å²) in [6.45, 7) is 2.22. The highest BCUT2D eigenvalue weighted by atomic mass is 32.2. The normalized spacial score (nSPS) is 20.4. The minimum atomic E-state index is -0.393. The van der Waals surface area contributed by atoms with Crippen LogP contribution in [-0.2, 0) is 4.79 Å². The second-order valence-corrected chi connectivity index (χ2v) is 6.29. The van der Waals surface area contributed by atoms with E-state index < -0.39 is 5.69 Å². The topological polar surface area (TPSA) is 74.8 Å². The number of hydrogen-bond donors (Lipinski definition) is 2. The van der Waals surface area contributed by atoms with E-state index in [1.807, 2.05) is 6.20 Å². The SMILES string of the molecule is CCC1CCC/C(=C\NC(=O)CSc2ccnc(=O)[nH]2)C1. The van der Waals surface area contributed by atoms with E-state index in [2.05, 4.69) is 22.2 Å². The lowest BCUT2D eigenvalue weighted by atomic mass is 9.84. The Hall–Kier alpha value is -1.56. The first-order chi connectivity index (χ1) is 10.2. The van der Waals surface area contributed by atoms with Crippen LogP contribution in [0.3, 0.4) is 0 Å². The number of hydrogen-bond acceptors (Lipinski definition) is 4. The molecule has 1 aromatic rings. The summed E-state index contributed by atoms with van der Waals surface area (Å²) in [5.41, 5.74) is 0.944. The van der Waals surface area contributed by atoms with Crippen molar-refractivity contribution in [2.24, 2.45) is 5.92 Å². The average Bonchev–Trinajstić information content (AvgIpc) is 2.51. The van der Waals surface area contributed by atoms with Gasteiger partial charge in [0.25, 0.3) is 0 Å². The molecule has 5 nitrogen and oxygen atoms in total. The summed E-state index contributed by atoms with van der Waals surface area (Å²) in [5.74, 6) is 0.989. The molecule has 0 spiro atoms. The number of rotatable bonds is 5. The number of thioether (sulfide) groups is 1. The molecule has 1 amide bonds. The van der Waals surface area contributed by atoms with E-state index in [1.165, 1.54) is 42.8 Å². The monoisotopic (exact) mass is 307 g/mol. The van der Waals surface area contributed by atoms with E-state index in [4.69, 9.17) is 0 Å². The molecular weight excluding hydrogens is 286 g/mol. The van der Waals surface area contributed by atoms with E-state index in [1.54, 1.807) is 6.07 Å². The first kappa shape index (κ1) is 15.8. The van der Waals surface area contributed by atoms with Gasteiger partial charge < -0.3 is 10.3 Å². The van der Waals surface area contributed by atoms with Gasteiger partial charge in [0.15, 0.2) is 0 Å². The minimum Gasteiger partial charge on any atom is -0.332 e. The highest BCUT2D eigenvalue weighted by Crippen LogP contribution is 2.29. The van der Waals surface area contributed by atoms with Crippen molar-refractivity contribution in [2.75, 3.05) is 5.75 Å². The zero-order valence-corrected chi connectivity index (χ0v) is 13.0. The van der Waals surface area contributed by atoms with Crippen molar-refractivity contribution in [1.29, 1.82) is 0 Å². The van der Waals surface area contributed by atoms with E-state index in [0.717, 1.165) is 18.8 Å². The fourth-order valence-corrected chi connectivity index (χ4v) is 3.16. The van der Waals surface area contributed by atoms with Crippen molar-refractivity contribution in [3.8, 4) is 0 Å². The molecule has 0 aromatic carbocycles. The Bertz CT molecular complexity index is 568. The van der Waals surface area contributed by atoms with Gasteiger partial charge in [0.05, 0.1) is 10.8 Å². The molecule has 6 heteroatoms. The van der Waals surface area contributed by atoms with Gasteiger partial charge >= 0.3 is 5.69 Å². The maximum Gasteiger partial charge on any atom is 0.345 e. The quantitative estimate of drug-likeness (QED) is 0.647. The third-order valence-corrected chi connectivity index (χ3v) is 4.64. The van der Waals surface area contributed by atoms with Crippen LogP contribution < -0.4 is 11.0 Å². The number of H-pyrrole nitrogens is 1. The van der Waals surface area contributed by atoms with Crippen molar-refractivity contribution >= 4 is 17.7 Å². The van der Waals surface area contributed by atoms with Crippen molar-refractivity contribution in [3.63, 3.8) is 0 Å². The van der Waals surface area contributed by atoms with Gasteiger partial charge in [-0.2, -0.15) is 0 Å². The molecule has 2 rings (SSSR count). The highest BCUT2D eigenvalue weighted by Gasteiger charge is 2.15. The Morgan fingerprint density at radius 1 is 1.62 bits per heavy atom. The molecule has 0 bridgehead atoms. The summed E-state index contributed by atoms with van der Waals surface area (Å²) in [6, 6.07) is 1.69. The van der Waals surface area contributed by atoms with Gasteiger partial charge in [-0.15, -0.1) is 0 Å². The third kappa shape index (κ3) is 5.38. The molecule has 1 saturated carbocycles. The molecule has 1 atom stereocenters. The van der Waals surface area contributed by atoms with Crippen LogP contribution in [0.4, 0.5) is 0 Å². The lowest BCUT2D eigenvalue weighted by Gasteiger charge is -2.22. The molecule has 0 aliphatic heterocycles. The summed E-state index contributed by atoms with van der Waals surface area (Å²) in [7, 11) is 0. The Labute approximate surface area is 128 Å². The molecule has 1 unspecified atom stereocenters. The molecule has 1 aliphatic rings. The summed E-state index contributed by atoms with van der Waals surface area (Å²) >= 11 is 1.30. The maximum absolute atomic E-state index is 11.8. The Morgan fingerprint density at radius 3 is 3.24 bits per heavy atom. The van der Waals surface area contributed by atoms with Gasteiger partial charge in [0.1, 0.15) is 0 Å². The molecule has 1 aromatic heterocycles. The smallest absolute Gasteiger partial charge is 0.332 e. The van der Waals surface area contributed by atoms with Gasteiger partial charge in [-0.1, -0.05) is 30.7 Å². The lowest BCUT2D eigenvalue weighted by Crippen LogP contribution is -2.21. The second kappa shape index (κ2) is 8.02. The average molecular weight is 307 g/mol. The predicted molar refractivity (Wildman–Crippen MR) is 84.1 cm³/mol. The van der Waals surface area contributed by atoms with Crippen LogP contribution in [0.5, 0.6) is 0 Å². The molecule has 21 heavy (non-hydrogen) atoms. The van der Waals surface area contributed by atoms with E-state index >= 15 is 0 Å². The third-order valence-electron chi connectivity index (χ3n) is 3.68. The van der Waals surface area contributed by atoms with E-state index in [0.29, 0.717) is 5.03 Å². The fourth-order valence-electron chi connectivity index (χ4n) is 2.48. The minimum absolute atomic E-state index is 0.0521. The van der Waals surface area contributed by atoms with E-state index in [9.17, 15) is 9.59 Å². The first-order valence-electron chi connectivity index (χ1n) is 7.32. The van der Waals surface area contributed by atoms with Gasteiger partial charge in [-0.3, -0.25) is 4.79 Å². The number of aromatic amines is 1. The van der Waals surface area contributed by atoms with Gasteiger partial charge in [-0.25, -0.2) is 9.78 Å². The van der Waals surface area contributed by atoms with Crippen molar-refractivity contribution in [2.45, 2.75) is 44.1 Å². The largest absolute Gasteiger partial charge is 0.345 e. The molecule has 2 N–H and O–H groups in total. The molecule has 0 saturated heterocycles. The van der Waals surface area contributed by atoms with Crippen molar-refractivity contribution in [1.82, 2.24) is 15.3 Å². The number of nitrogens with zero attached hydrogens (tertiary/aromatic N) is 1. The molecular formula is C15H21N3O2S. The lowest BCUT2D eigenvalue weighted by molar-refractivity contribution is -0.117. The second-order valence-electron chi connectivity index (χ2n) is 5.27. The summed E-state index contributed by atoms with van der Waals surface area (Å²) < 4.78 is 0. The van der Waals surface area contributed by atoms with Crippen LogP contribution in [0.1, 0.15) is 39.0 Å². The predicted octanol–water partition coefficient (Wildman–Crippen LogP) is 2.46. The number of carbonyl (C=O) groups is 1. The number of nitrogens with one attached hydrogen (secondary N) is 2. The number of carbonyl (C=O) groups excluding carboxylic acids is 1. The van der Waals surface area contributed by atoms with Crippen LogP contribution in [-0.4, -0.2) is 21.6 Å². The first-order valence-corrected chi connectivity index (χ1v) is 8.31. The summed E-state index contributed by atoms with van der Waals surface area (Å²) in [4.78, 5) is 29.0. The van der Waals surface area contributed by atoms with Crippen LogP contribution >= 0.6 is 11.8 Å². The highest BCUT2D eigenvalue weighted by molar-refractivity contribution is 7.99. The number of amides is 1. The van der Waals surface area contributed by atoms with Crippen molar-refractivity contribution < 1.29 is 4.79 Å². The van der Waals surface area contributed by atoms with Crippen LogP contribution in [0.25, 0.3) is 0 Å². The van der Waals surface area contributed by atoms with E-state index in [-0.39, 0.29) is 11.7 Å². The van der Waals surface area contributed by atoms with Crippen LogP contribution in [0.2, 0.25) is 0 Å². The van der Waals surface area contributed by atoms with Gasteiger partial charge in [0, 0.05) is 12.4 Å². The summed E-state index contributed by atoms with van der Waals surface area (Å²) in [6.07, 6.45) is 9.22. The van der Waals surface area contributed by atoms with Gasteiger partial charge in [-0.05, 0) is 37.7 Å². The van der Waals surface area contributed by atoms with Gasteiger partial charge in [0.2, 0.25) is 5.91 Å². The molecule has 1 heterocycles. The van der Waals surface area contributed by atoms with Crippen LogP contribution in [0, 0.1) is 5.92 Å². The Balaban J connectivity index is 1.78. The van der Waals surface area contributed by atoms with Crippen LogP contribution in [0.15, 0.2) is 33.9 Å². The standard InChI is InChI=1S/C15H21N3O2S/c1-2-11-4-3-5-12(8-11)9-17-13(19)10-21-14-6-7-16-15(20)18-14/h6-7,9,11H,2-5,8,10H2,1H3,(H,17,19)(H,16,18,20)/b12-9+. The number of allylic oxidation sites excluding steroid dienone is 1. The Morgan fingerprint density at radius 2 is 2.48 bits per heavy atom. The van der Waals surface area contributed by atoms with Crippen molar-refractivity contribution in [3.05, 3.63) is 34.5 Å². The molecule has 1 aliphatic carbocycles. The zero-order chi connectivity index (χ0) is 15.1. The molecule has 0 radical (unpaired) electrons. The zero-order valence-electron chi connectivity index (χ0n) is 12.2.